The van der Waals surface area contributed by atoms with Crippen molar-refractivity contribution in [2.45, 2.75) is 37.4 Å². The minimum absolute atomic E-state index is 0.197. The standard InChI is InChI=1S/C22H21BrN4OS2/c1-3-27-20(15(2)28-19-11-9-17(23)10-12-19)25-26-22(27)30-14-18-13-29-21(24-18)16-7-5-4-6-8-16/h4-13,15H,3,14H2,1-2H3. The molecule has 4 aromatic rings. The molecule has 0 radical (unpaired) electrons. The molecule has 0 saturated carbocycles. The molecule has 154 valence electrons. The first-order valence-corrected chi connectivity index (χ1v) is 12.3. The molecule has 0 amide bonds. The second-order valence-corrected chi connectivity index (χ2v) is 9.31. The zero-order valence-corrected chi connectivity index (χ0v) is 19.9. The van der Waals surface area contributed by atoms with Crippen molar-refractivity contribution in [3.05, 3.63) is 76.0 Å². The zero-order chi connectivity index (χ0) is 20.9. The van der Waals surface area contributed by atoms with Crippen molar-refractivity contribution < 1.29 is 4.74 Å². The summed E-state index contributed by atoms with van der Waals surface area (Å²) in [6.07, 6.45) is -0.197. The lowest BCUT2D eigenvalue weighted by atomic mass is 10.2. The Morgan fingerprint density at radius 3 is 2.60 bits per heavy atom. The molecule has 1 atom stereocenters. The van der Waals surface area contributed by atoms with E-state index in [2.05, 4.69) is 55.1 Å². The topological polar surface area (TPSA) is 52.8 Å². The second-order valence-electron chi connectivity index (χ2n) is 6.60. The molecule has 0 spiro atoms. The number of aromatic nitrogens is 4. The monoisotopic (exact) mass is 500 g/mol. The maximum absolute atomic E-state index is 6.06. The fourth-order valence-electron chi connectivity index (χ4n) is 3.00. The molecule has 5 nitrogen and oxygen atoms in total. The Kier molecular flexibility index (Phi) is 6.86. The number of nitrogens with zero attached hydrogens (tertiary/aromatic N) is 4. The Bertz CT molecular complexity index is 1100. The van der Waals surface area contributed by atoms with E-state index >= 15 is 0 Å². The van der Waals surface area contributed by atoms with E-state index in [1.807, 2.05) is 49.4 Å². The third kappa shape index (κ3) is 4.94. The molecule has 0 aliphatic rings. The van der Waals surface area contributed by atoms with Crippen LogP contribution in [0.5, 0.6) is 5.75 Å². The van der Waals surface area contributed by atoms with Gasteiger partial charge < -0.3 is 9.30 Å². The van der Waals surface area contributed by atoms with Gasteiger partial charge in [0.05, 0.1) is 5.69 Å². The van der Waals surface area contributed by atoms with Crippen molar-refractivity contribution in [3.8, 4) is 16.3 Å². The van der Waals surface area contributed by atoms with Crippen LogP contribution in [-0.4, -0.2) is 19.7 Å². The highest BCUT2D eigenvalue weighted by Crippen LogP contribution is 2.29. The van der Waals surface area contributed by atoms with Crippen molar-refractivity contribution in [1.29, 1.82) is 0 Å². The summed E-state index contributed by atoms with van der Waals surface area (Å²) in [6.45, 7) is 4.88. The van der Waals surface area contributed by atoms with Crippen LogP contribution >= 0.6 is 39.0 Å². The van der Waals surface area contributed by atoms with E-state index in [9.17, 15) is 0 Å². The first-order valence-electron chi connectivity index (χ1n) is 9.62. The van der Waals surface area contributed by atoms with E-state index < -0.39 is 0 Å². The quantitative estimate of drug-likeness (QED) is 0.254. The smallest absolute Gasteiger partial charge is 0.191 e. The molecule has 0 aliphatic carbocycles. The van der Waals surface area contributed by atoms with Gasteiger partial charge in [0.15, 0.2) is 17.1 Å². The highest BCUT2D eigenvalue weighted by atomic mass is 79.9. The Hall–Kier alpha value is -2.16. The molecule has 0 bridgehead atoms. The summed E-state index contributed by atoms with van der Waals surface area (Å²) in [5, 5.41) is 12.9. The van der Waals surface area contributed by atoms with Crippen molar-refractivity contribution in [1.82, 2.24) is 19.7 Å². The molecule has 0 fully saturated rings. The largest absolute Gasteiger partial charge is 0.483 e. The molecular formula is C22H21BrN4OS2. The average Bonchev–Trinajstić information content (AvgIpc) is 3.41. The van der Waals surface area contributed by atoms with Gasteiger partial charge in [-0.05, 0) is 38.1 Å². The molecular weight excluding hydrogens is 480 g/mol. The number of benzene rings is 2. The van der Waals surface area contributed by atoms with Gasteiger partial charge in [-0.25, -0.2) is 4.98 Å². The summed E-state index contributed by atoms with van der Waals surface area (Å²) in [6, 6.07) is 18.1. The van der Waals surface area contributed by atoms with Gasteiger partial charge in [0.2, 0.25) is 0 Å². The first kappa shape index (κ1) is 21.1. The van der Waals surface area contributed by atoms with E-state index in [-0.39, 0.29) is 6.10 Å². The fourth-order valence-corrected chi connectivity index (χ4v) is 5.10. The molecule has 8 heteroatoms. The Balaban J connectivity index is 1.43. The number of hydrogen-bond acceptors (Lipinski definition) is 6. The molecule has 0 N–H and O–H groups in total. The van der Waals surface area contributed by atoms with Crippen molar-refractivity contribution >= 4 is 39.0 Å². The number of thioether (sulfide) groups is 1. The second kappa shape index (κ2) is 9.76. The third-order valence-electron chi connectivity index (χ3n) is 4.47. The molecule has 4 rings (SSSR count). The lowest BCUT2D eigenvalue weighted by Gasteiger charge is -2.15. The first-order chi connectivity index (χ1) is 14.6. The van der Waals surface area contributed by atoms with E-state index in [0.717, 1.165) is 49.8 Å². The summed E-state index contributed by atoms with van der Waals surface area (Å²) < 4.78 is 9.20. The van der Waals surface area contributed by atoms with E-state index in [1.54, 1.807) is 23.1 Å². The molecule has 2 aromatic carbocycles. The van der Waals surface area contributed by atoms with Crippen LogP contribution in [0.4, 0.5) is 0 Å². The van der Waals surface area contributed by atoms with E-state index in [1.165, 1.54) is 0 Å². The molecule has 1 unspecified atom stereocenters. The molecule has 2 aromatic heterocycles. The van der Waals surface area contributed by atoms with Gasteiger partial charge in [0.25, 0.3) is 0 Å². The number of ether oxygens (including phenoxy) is 1. The Morgan fingerprint density at radius 1 is 1.10 bits per heavy atom. The minimum Gasteiger partial charge on any atom is -0.483 e. The summed E-state index contributed by atoms with van der Waals surface area (Å²) in [7, 11) is 0. The van der Waals surface area contributed by atoms with Crippen LogP contribution in [0, 0.1) is 0 Å². The van der Waals surface area contributed by atoms with Crippen LogP contribution in [0.15, 0.2) is 69.6 Å². The van der Waals surface area contributed by atoms with E-state index in [4.69, 9.17) is 9.72 Å². The molecule has 0 aliphatic heterocycles. The molecule has 2 heterocycles. The van der Waals surface area contributed by atoms with Crippen molar-refractivity contribution in [3.63, 3.8) is 0 Å². The van der Waals surface area contributed by atoms with Crippen LogP contribution in [0.1, 0.15) is 31.5 Å². The summed E-state index contributed by atoms with van der Waals surface area (Å²) in [5.41, 5.74) is 2.20. The highest BCUT2D eigenvalue weighted by Gasteiger charge is 2.19. The van der Waals surface area contributed by atoms with Gasteiger partial charge in [-0.1, -0.05) is 58.0 Å². The lowest BCUT2D eigenvalue weighted by Crippen LogP contribution is -2.11. The SMILES string of the molecule is CCn1c(SCc2csc(-c3ccccc3)n2)nnc1C(C)Oc1ccc(Br)cc1. The van der Waals surface area contributed by atoms with Crippen LogP contribution < -0.4 is 4.74 Å². The zero-order valence-electron chi connectivity index (χ0n) is 16.7. The van der Waals surface area contributed by atoms with Gasteiger partial charge in [-0.15, -0.1) is 21.5 Å². The predicted octanol–water partition coefficient (Wildman–Crippen LogP) is 6.62. The molecule has 30 heavy (non-hydrogen) atoms. The number of hydrogen-bond donors (Lipinski definition) is 0. The number of halogens is 1. The maximum atomic E-state index is 6.06. The van der Waals surface area contributed by atoms with E-state index in [0.29, 0.717) is 0 Å². The van der Waals surface area contributed by atoms with Crippen molar-refractivity contribution in [2.24, 2.45) is 0 Å². The normalized spacial score (nSPS) is 12.1. The Morgan fingerprint density at radius 2 is 1.87 bits per heavy atom. The number of rotatable bonds is 8. The summed E-state index contributed by atoms with van der Waals surface area (Å²) in [4.78, 5) is 4.77. The Labute approximate surface area is 192 Å². The fraction of sp³-hybridized carbons (Fsp3) is 0.227. The minimum atomic E-state index is -0.197. The summed E-state index contributed by atoms with van der Waals surface area (Å²) >= 11 is 6.77. The predicted molar refractivity (Wildman–Crippen MR) is 126 cm³/mol. The van der Waals surface area contributed by atoms with Gasteiger partial charge in [-0.2, -0.15) is 0 Å². The van der Waals surface area contributed by atoms with Crippen LogP contribution in [0.3, 0.4) is 0 Å². The lowest BCUT2D eigenvalue weighted by molar-refractivity contribution is 0.210. The van der Waals surface area contributed by atoms with Crippen molar-refractivity contribution in [2.75, 3.05) is 0 Å². The highest BCUT2D eigenvalue weighted by molar-refractivity contribution is 9.10. The van der Waals surface area contributed by atoms with Crippen LogP contribution in [0.2, 0.25) is 0 Å². The average molecular weight is 501 g/mol. The third-order valence-corrected chi connectivity index (χ3v) is 6.94. The van der Waals surface area contributed by atoms with Crippen LogP contribution in [0.25, 0.3) is 10.6 Å². The van der Waals surface area contributed by atoms with Gasteiger partial charge in [0.1, 0.15) is 10.8 Å². The maximum Gasteiger partial charge on any atom is 0.191 e. The van der Waals surface area contributed by atoms with Crippen LogP contribution in [-0.2, 0) is 12.3 Å². The van der Waals surface area contributed by atoms with Gasteiger partial charge in [0, 0.05) is 27.7 Å². The van der Waals surface area contributed by atoms with Gasteiger partial charge in [-0.3, -0.25) is 0 Å². The summed E-state index contributed by atoms with van der Waals surface area (Å²) in [5.74, 6) is 2.39. The van der Waals surface area contributed by atoms with Gasteiger partial charge >= 0.3 is 0 Å². The number of thiazole rings is 1. The molecule has 0 saturated heterocycles.